The highest BCUT2D eigenvalue weighted by atomic mass is 35.5. The highest BCUT2D eigenvalue weighted by molar-refractivity contribution is 6.29. The fraction of sp³-hybridized carbons (Fsp3) is 0. The minimum Gasteiger partial charge on any atom is -0.445 e. The first-order chi connectivity index (χ1) is 1.89. The van der Waals surface area contributed by atoms with Crippen LogP contribution in [0, 0.1) is 0 Å². The summed E-state index contributed by atoms with van der Waals surface area (Å²) in [6, 6.07) is 0. The van der Waals surface area contributed by atoms with E-state index in [9.17, 15) is 0 Å². The first kappa shape index (κ1) is 2.09. The maximum absolute atomic E-state index is 5.02. The average molecular weight is 76.5 g/mol. The van der Waals surface area contributed by atoms with Gasteiger partial charge in [0, 0.05) is 0 Å². The molecule has 0 aromatic carbocycles. The molecule has 0 saturated carbocycles. The lowest BCUT2D eigenvalue weighted by Crippen LogP contribution is -1.25. The lowest BCUT2D eigenvalue weighted by Gasteiger charge is -1.50. The van der Waals surface area contributed by atoms with Gasteiger partial charge in [0.25, 0.3) is 0 Å². The van der Waals surface area contributed by atoms with Crippen LogP contribution in [0.1, 0.15) is 0 Å². The Labute approximate surface area is 28.8 Å². The van der Waals surface area contributed by atoms with Crippen molar-refractivity contribution in [3.8, 4) is 0 Å². The van der Waals surface area contributed by atoms with Gasteiger partial charge < -0.3 is 4.74 Å². The van der Waals surface area contributed by atoms with Crippen LogP contribution < -0.4 is 0 Å². The predicted octanol–water partition coefficient (Wildman–Crippen LogP) is 1.05. The highest BCUT2D eigenvalue weighted by Crippen LogP contribution is 2.15. The summed E-state index contributed by atoms with van der Waals surface area (Å²) in [5.41, 5.74) is 0. The summed E-state index contributed by atoms with van der Waals surface area (Å²) >= 11 is 5.02. The minimum atomic E-state index is 0.514. The number of hydrogen-bond acceptors (Lipinski definition) is 1. The largest absolute Gasteiger partial charge is 0.445 e. The molecular formula is C2HClO. The Bertz CT molecular complexity index is 57.1. The number of hydrogen-bond donors (Lipinski definition) is 0. The fourth-order valence-electron chi connectivity index (χ4n) is 0.0223. The molecule has 0 aliphatic carbocycles. The molecule has 0 atom stereocenters. The van der Waals surface area contributed by atoms with E-state index in [2.05, 4.69) is 4.74 Å². The Morgan fingerprint density at radius 2 is 2.25 bits per heavy atom. The second kappa shape index (κ2) is 0.406. The van der Waals surface area contributed by atoms with Gasteiger partial charge in [-0.2, -0.15) is 0 Å². The lowest BCUT2D eigenvalue weighted by atomic mass is 11.3. The third kappa shape index (κ3) is 0.157. The van der Waals surface area contributed by atoms with Gasteiger partial charge in [0.15, 0.2) is 0 Å². The summed E-state index contributed by atoms with van der Waals surface area (Å²) in [4.78, 5) is 0. The molecule has 0 fully saturated rings. The van der Waals surface area contributed by atoms with E-state index in [0.29, 0.717) is 5.22 Å². The number of rotatable bonds is 0. The first-order valence-corrected chi connectivity index (χ1v) is 1.30. The van der Waals surface area contributed by atoms with Crippen LogP contribution in [0.15, 0.2) is 11.5 Å². The van der Waals surface area contributed by atoms with Crippen molar-refractivity contribution < 1.29 is 4.74 Å². The molecule has 22 valence electrons. The van der Waals surface area contributed by atoms with Gasteiger partial charge >= 0.3 is 0 Å². The van der Waals surface area contributed by atoms with Crippen molar-refractivity contribution in [2.45, 2.75) is 0 Å². The number of ether oxygens (including phenoxy) is 1. The summed E-state index contributed by atoms with van der Waals surface area (Å²) in [6.07, 6.45) is 1.47. The van der Waals surface area contributed by atoms with E-state index >= 15 is 0 Å². The van der Waals surface area contributed by atoms with Crippen LogP contribution in [0.5, 0.6) is 0 Å². The number of halogens is 1. The lowest BCUT2D eigenvalue weighted by molar-refractivity contribution is 0.529. The summed E-state index contributed by atoms with van der Waals surface area (Å²) in [7, 11) is 0. The molecule has 0 radical (unpaired) electrons. The standard InChI is InChI=1S/C2HClO/c3-2-1-4-2/h1H. The molecule has 0 bridgehead atoms. The van der Waals surface area contributed by atoms with Crippen LogP contribution in [0.4, 0.5) is 0 Å². The van der Waals surface area contributed by atoms with Crippen LogP contribution in [0.2, 0.25) is 0 Å². The maximum atomic E-state index is 5.02. The summed E-state index contributed by atoms with van der Waals surface area (Å²) < 4.78 is 4.27. The fourth-order valence-corrected chi connectivity index (χ4v) is 0.0668. The van der Waals surface area contributed by atoms with E-state index < -0.39 is 0 Å². The van der Waals surface area contributed by atoms with Gasteiger partial charge in [0.05, 0.1) is 0 Å². The van der Waals surface area contributed by atoms with Gasteiger partial charge in [-0.05, 0) is 11.6 Å². The topological polar surface area (TPSA) is 12.5 Å². The molecule has 1 nitrogen and oxygen atoms in total. The zero-order valence-corrected chi connectivity index (χ0v) is 2.62. The Morgan fingerprint density at radius 3 is 2.25 bits per heavy atom. The second-order valence-corrected chi connectivity index (χ2v) is 0.912. The smallest absolute Gasteiger partial charge is 0.228 e. The molecule has 1 rings (SSSR count). The monoisotopic (exact) mass is 76.0 g/mol. The van der Waals surface area contributed by atoms with Crippen molar-refractivity contribution in [1.82, 2.24) is 0 Å². The van der Waals surface area contributed by atoms with E-state index in [1.54, 1.807) is 0 Å². The van der Waals surface area contributed by atoms with Crippen molar-refractivity contribution in [1.29, 1.82) is 0 Å². The maximum Gasteiger partial charge on any atom is 0.228 e. The molecule has 0 amide bonds. The molecule has 4 heavy (non-hydrogen) atoms. The summed E-state index contributed by atoms with van der Waals surface area (Å²) in [6.45, 7) is 0. The van der Waals surface area contributed by atoms with E-state index in [1.165, 1.54) is 6.26 Å². The molecule has 0 aromatic heterocycles. The summed E-state index contributed by atoms with van der Waals surface area (Å²) in [5.74, 6) is 0. The van der Waals surface area contributed by atoms with Gasteiger partial charge in [0.2, 0.25) is 5.22 Å². The Hall–Kier alpha value is -0.170. The van der Waals surface area contributed by atoms with Crippen LogP contribution in [-0.4, -0.2) is 0 Å². The van der Waals surface area contributed by atoms with E-state index in [0.717, 1.165) is 0 Å². The zero-order valence-electron chi connectivity index (χ0n) is 1.86. The van der Waals surface area contributed by atoms with Crippen molar-refractivity contribution in [2.75, 3.05) is 0 Å². The van der Waals surface area contributed by atoms with Gasteiger partial charge in [0.1, 0.15) is 6.26 Å². The Balaban J connectivity index is 2.54. The molecule has 1 heterocycles. The third-order valence-electron chi connectivity index (χ3n) is 0.207. The third-order valence-corrected chi connectivity index (χ3v) is 0.385. The van der Waals surface area contributed by atoms with E-state index in [4.69, 9.17) is 11.6 Å². The molecule has 1 aliphatic heterocycles. The molecular weight excluding hydrogens is 75.5 g/mol. The average Bonchev–Trinajstić information content (AvgIpc) is 1.75. The second-order valence-electron chi connectivity index (χ2n) is 0.540. The Kier molecular flexibility index (Phi) is 0.212. The van der Waals surface area contributed by atoms with Gasteiger partial charge in [-0.15, -0.1) is 0 Å². The normalized spacial score (nSPS) is 17.8. The Morgan fingerprint density at radius 1 is 2.00 bits per heavy atom. The quantitative estimate of drug-likeness (QED) is 0.420. The predicted molar refractivity (Wildman–Crippen MR) is 15.0 cm³/mol. The van der Waals surface area contributed by atoms with Crippen molar-refractivity contribution in [3.63, 3.8) is 0 Å². The van der Waals surface area contributed by atoms with Crippen molar-refractivity contribution >= 4 is 11.6 Å². The van der Waals surface area contributed by atoms with E-state index in [-0.39, 0.29) is 0 Å². The van der Waals surface area contributed by atoms with Crippen molar-refractivity contribution in [2.24, 2.45) is 0 Å². The van der Waals surface area contributed by atoms with Gasteiger partial charge in [-0.3, -0.25) is 0 Å². The zero-order chi connectivity index (χ0) is 2.99. The molecule has 2 heteroatoms. The van der Waals surface area contributed by atoms with Gasteiger partial charge in [-0.1, -0.05) is 0 Å². The molecule has 0 unspecified atom stereocenters. The minimum absolute atomic E-state index is 0.514. The molecule has 0 saturated heterocycles. The van der Waals surface area contributed by atoms with Crippen molar-refractivity contribution in [3.05, 3.63) is 11.5 Å². The molecule has 1 aliphatic rings. The van der Waals surface area contributed by atoms with Gasteiger partial charge in [-0.25, -0.2) is 0 Å². The van der Waals surface area contributed by atoms with E-state index in [1.807, 2.05) is 0 Å². The SMILES string of the molecule is ClC1=CO1. The highest BCUT2D eigenvalue weighted by Gasteiger charge is 2.00. The van der Waals surface area contributed by atoms with Crippen LogP contribution >= 0.6 is 11.6 Å². The first-order valence-electron chi connectivity index (χ1n) is 0.917. The molecule has 0 N–H and O–H groups in total. The van der Waals surface area contributed by atoms with Crippen LogP contribution in [0.3, 0.4) is 0 Å². The molecule has 0 aromatic rings. The van der Waals surface area contributed by atoms with Crippen LogP contribution in [0.25, 0.3) is 0 Å². The van der Waals surface area contributed by atoms with Crippen LogP contribution in [-0.2, 0) is 4.74 Å². The molecule has 0 spiro atoms. The summed E-state index contributed by atoms with van der Waals surface area (Å²) in [5, 5.41) is 0.514.